The number of carbonyl (C=O) groups is 1. The SMILES string of the molecule is Cc1cc(S(=O)(=O)Nc2ccc(F)cc2)ccc1OCC(=O)Nc1ccc(Br)cc1. The van der Waals surface area contributed by atoms with Gasteiger partial charge in [0.25, 0.3) is 15.9 Å². The van der Waals surface area contributed by atoms with Crippen molar-refractivity contribution in [2.24, 2.45) is 0 Å². The van der Waals surface area contributed by atoms with Crippen molar-refractivity contribution in [2.75, 3.05) is 16.6 Å². The van der Waals surface area contributed by atoms with Gasteiger partial charge < -0.3 is 10.1 Å². The molecular weight excluding hydrogens is 475 g/mol. The van der Waals surface area contributed by atoms with Crippen LogP contribution in [-0.2, 0) is 14.8 Å². The van der Waals surface area contributed by atoms with E-state index >= 15 is 0 Å². The zero-order chi connectivity index (χ0) is 21.7. The van der Waals surface area contributed by atoms with E-state index < -0.39 is 15.8 Å². The van der Waals surface area contributed by atoms with Crippen molar-refractivity contribution in [1.29, 1.82) is 0 Å². The summed E-state index contributed by atoms with van der Waals surface area (Å²) in [4.78, 5) is 12.1. The fourth-order valence-electron chi connectivity index (χ4n) is 2.56. The molecule has 0 spiro atoms. The molecule has 0 atom stereocenters. The predicted molar refractivity (Wildman–Crippen MR) is 117 cm³/mol. The lowest BCUT2D eigenvalue weighted by atomic mass is 10.2. The lowest BCUT2D eigenvalue weighted by molar-refractivity contribution is -0.118. The van der Waals surface area contributed by atoms with Gasteiger partial charge in [0, 0.05) is 15.8 Å². The van der Waals surface area contributed by atoms with E-state index in [2.05, 4.69) is 26.0 Å². The number of nitrogens with one attached hydrogen (secondary N) is 2. The lowest BCUT2D eigenvalue weighted by Crippen LogP contribution is -2.20. The Labute approximate surface area is 182 Å². The van der Waals surface area contributed by atoms with Gasteiger partial charge in [0.1, 0.15) is 11.6 Å². The second kappa shape index (κ2) is 9.27. The number of rotatable bonds is 7. The topological polar surface area (TPSA) is 84.5 Å². The molecule has 3 aromatic carbocycles. The summed E-state index contributed by atoms with van der Waals surface area (Å²) in [7, 11) is -3.85. The number of hydrogen-bond donors (Lipinski definition) is 2. The third-order valence-electron chi connectivity index (χ3n) is 4.04. The van der Waals surface area contributed by atoms with Crippen LogP contribution < -0.4 is 14.8 Å². The summed E-state index contributed by atoms with van der Waals surface area (Å²) in [6, 6.07) is 16.4. The first-order valence-corrected chi connectivity index (χ1v) is 11.1. The van der Waals surface area contributed by atoms with Crippen LogP contribution in [0.4, 0.5) is 15.8 Å². The van der Waals surface area contributed by atoms with Crippen molar-refractivity contribution < 1.29 is 22.3 Å². The van der Waals surface area contributed by atoms with Crippen LogP contribution in [0.2, 0.25) is 0 Å². The van der Waals surface area contributed by atoms with E-state index in [1.54, 1.807) is 31.2 Å². The molecule has 0 aliphatic carbocycles. The first-order chi connectivity index (χ1) is 14.2. The average Bonchev–Trinajstić information content (AvgIpc) is 2.70. The van der Waals surface area contributed by atoms with Gasteiger partial charge in [0.2, 0.25) is 0 Å². The highest BCUT2D eigenvalue weighted by Crippen LogP contribution is 2.24. The van der Waals surface area contributed by atoms with Crippen molar-refractivity contribution in [1.82, 2.24) is 0 Å². The van der Waals surface area contributed by atoms with Gasteiger partial charge in [0.05, 0.1) is 4.90 Å². The average molecular weight is 493 g/mol. The molecule has 0 heterocycles. The Hall–Kier alpha value is -2.91. The number of anilines is 2. The Balaban J connectivity index is 1.63. The molecule has 0 unspecified atom stereocenters. The molecule has 156 valence electrons. The highest BCUT2D eigenvalue weighted by atomic mass is 79.9. The minimum absolute atomic E-state index is 0.0241. The van der Waals surface area contributed by atoms with Crippen LogP contribution in [0.25, 0.3) is 0 Å². The molecule has 0 bridgehead atoms. The summed E-state index contributed by atoms with van der Waals surface area (Å²) in [5.74, 6) is -0.410. The number of hydrogen-bond acceptors (Lipinski definition) is 4. The van der Waals surface area contributed by atoms with E-state index in [9.17, 15) is 17.6 Å². The molecular formula is C21H18BrFN2O4S. The third kappa shape index (κ3) is 5.80. The van der Waals surface area contributed by atoms with Crippen molar-refractivity contribution in [3.8, 4) is 5.75 Å². The second-order valence-corrected chi connectivity index (χ2v) is 8.98. The summed E-state index contributed by atoms with van der Waals surface area (Å²) < 4.78 is 46.8. The monoisotopic (exact) mass is 492 g/mol. The van der Waals surface area contributed by atoms with Crippen molar-refractivity contribution >= 4 is 43.2 Å². The molecule has 2 N–H and O–H groups in total. The highest BCUT2D eigenvalue weighted by Gasteiger charge is 2.16. The molecule has 9 heteroatoms. The molecule has 30 heavy (non-hydrogen) atoms. The van der Waals surface area contributed by atoms with Crippen molar-refractivity contribution in [3.63, 3.8) is 0 Å². The molecule has 0 radical (unpaired) electrons. The van der Waals surface area contributed by atoms with Crippen LogP contribution in [0.1, 0.15) is 5.56 Å². The molecule has 0 aliphatic heterocycles. The number of ether oxygens (including phenoxy) is 1. The van der Waals surface area contributed by atoms with Crippen molar-refractivity contribution in [3.05, 3.63) is 82.6 Å². The standard InChI is InChI=1S/C21H18BrFN2O4S/c1-14-12-19(30(27,28)25-18-8-4-16(23)5-9-18)10-11-20(14)29-13-21(26)24-17-6-2-15(22)3-7-17/h2-12,25H,13H2,1H3,(H,24,26). The number of sulfonamides is 1. The molecule has 3 rings (SSSR count). The molecule has 3 aromatic rings. The summed E-state index contributed by atoms with van der Waals surface area (Å²) in [6.45, 7) is 1.45. The first kappa shape index (κ1) is 21.8. The van der Waals surface area contributed by atoms with E-state index in [-0.39, 0.29) is 23.1 Å². The van der Waals surface area contributed by atoms with Gasteiger partial charge >= 0.3 is 0 Å². The second-order valence-electron chi connectivity index (χ2n) is 6.38. The molecule has 0 saturated carbocycles. The highest BCUT2D eigenvalue weighted by molar-refractivity contribution is 9.10. The van der Waals surface area contributed by atoms with E-state index in [1.807, 2.05) is 0 Å². The Morgan fingerprint density at radius 3 is 2.27 bits per heavy atom. The van der Waals surface area contributed by atoms with E-state index in [0.717, 1.165) is 4.47 Å². The van der Waals surface area contributed by atoms with Crippen LogP contribution in [0, 0.1) is 12.7 Å². The predicted octanol–water partition coefficient (Wildman–Crippen LogP) is 4.71. The summed E-state index contributed by atoms with van der Waals surface area (Å²) in [5.41, 5.74) is 1.43. The summed E-state index contributed by atoms with van der Waals surface area (Å²) >= 11 is 3.32. The number of amides is 1. The Morgan fingerprint density at radius 1 is 1.00 bits per heavy atom. The maximum Gasteiger partial charge on any atom is 0.262 e. The largest absolute Gasteiger partial charge is 0.483 e. The third-order valence-corrected chi connectivity index (χ3v) is 5.95. The molecule has 1 amide bonds. The number of halogens is 2. The van der Waals surface area contributed by atoms with Crippen LogP contribution >= 0.6 is 15.9 Å². The number of benzene rings is 3. The van der Waals surface area contributed by atoms with Gasteiger partial charge in [-0.15, -0.1) is 0 Å². The van der Waals surface area contributed by atoms with Crippen molar-refractivity contribution in [2.45, 2.75) is 11.8 Å². The zero-order valence-corrected chi connectivity index (χ0v) is 18.3. The Kier molecular flexibility index (Phi) is 6.73. The maximum absolute atomic E-state index is 13.0. The van der Waals surface area contributed by atoms with E-state index in [4.69, 9.17) is 4.74 Å². The maximum atomic E-state index is 13.0. The quantitative estimate of drug-likeness (QED) is 0.499. The van der Waals surface area contributed by atoms with Crippen LogP contribution in [-0.4, -0.2) is 20.9 Å². The van der Waals surface area contributed by atoms with E-state index in [1.165, 1.54) is 42.5 Å². The normalized spacial score (nSPS) is 11.0. The van der Waals surface area contributed by atoms with Crippen LogP contribution in [0.5, 0.6) is 5.75 Å². The molecule has 0 aliphatic rings. The fourth-order valence-corrected chi connectivity index (χ4v) is 3.96. The summed E-state index contributed by atoms with van der Waals surface area (Å²) in [5, 5.41) is 2.71. The van der Waals surface area contributed by atoms with E-state index in [0.29, 0.717) is 17.0 Å². The fraction of sp³-hybridized carbons (Fsp3) is 0.0952. The van der Waals surface area contributed by atoms with Gasteiger partial charge in [0.15, 0.2) is 6.61 Å². The van der Waals surface area contributed by atoms with Crippen LogP contribution in [0.15, 0.2) is 76.1 Å². The van der Waals surface area contributed by atoms with Gasteiger partial charge in [-0.25, -0.2) is 12.8 Å². The summed E-state index contributed by atoms with van der Waals surface area (Å²) in [6.07, 6.45) is 0. The van der Waals surface area contributed by atoms with Gasteiger partial charge in [-0.1, -0.05) is 15.9 Å². The minimum atomic E-state index is -3.85. The van der Waals surface area contributed by atoms with Crippen LogP contribution in [0.3, 0.4) is 0 Å². The molecule has 0 fully saturated rings. The zero-order valence-electron chi connectivity index (χ0n) is 15.9. The van der Waals surface area contributed by atoms with Gasteiger partial charge in [-0.2, -0.15) is 0 Å². The van der Waals surface area contributed by atoms with Gasteiger partial charge in [-0.3, -0.25) is 9.52 Å². The molecule has 0 saturated heterocycles. The van der Waals surface area contributed by atoms with Gasteiger partial charge in [-0.05, 0) is 79.2 Å². The Morgan fingerprint density at radius 2 is 1.63 bits per heavy atom. The lowest BCUT2D eigenvalue weighted by Gasteiger charge is -2.12. The first-order valence-electron chi connectivity index (χ1n) is 8.80. The molecule has 0 aromatic heterocycles. The minimum Gasteiger partial charge on any atom is -0.483 e. The molecule has 6 nitrogen and oxygen atoms in total. The number of carbonyl (C=O) groups excluding carboxylic acids is 1. The smallest absolute Gasteiger partial charge is 0.262 e. The Bertz CT molecular complexity index is 1150. The number of aryl methyl sites for hydroxylation is 1.